The lowest BCUT2D eigenvalue weighted by molar-refractivity contribution is -0.117. The Labute approximate surface area is 174 Å². The summed E-state index contributed by atoms with van der Waals surface area (Å²) >= 11 is 0. The lowest BCUT2D eigenvalue weighted by atomic mass is 9.98. The molecule has 1 fully saturated rings. The highest BCUT2D eigenvalue weighted by molar-refractivity contribution is 5.93. The third-order valence-corrected chi connectivity index (χ3v) is 5.39. The van der Waals surface area contributed by atoms with E-state index in [4.69, 9.17) is 4.74 Å². The Morgan fingerprint density at radius 2 is 1.86 bits per heavy atom. The van der Waals surface area contributed by atoms with Gasteiger partial charge in [0.05, 0.1) is 19.8 Å². The van der Waals surface area contributed by atoms with Crippen LogP contribution in [0.1, 0.15) is 36.5 Å². The molecule has 0 spiro atoms. The van der Waals surface area contributed by atoms with Crippen molar-refractivity contribution in [3.8, 4) is 0 Å². The summed E-state index contributed by atoms with van der Waals surface area (Å²) in [5.41, 5.74) is 5.71. The van der Waals surface area contributed by atoms with Crippen LogP contribution in [-0.4, -0.2) is 50.7 Å². The smallest absolute Gasteiger partial charge is 0.238 e. The number of nitrogens with zero attached hydrogens (tertiary/aromatic N) is 2. The fraction of sp³-hybridized carbons (Fsp3) is 0.458. The molecule has 29 heavy (non-hydrogen) atoms. The van der Waals surface area contributed by atoms with E-state index in [1.165, 1.54) is 16.8 Å². The normalized spacial score (nSPS) is 14.5. The maximum atomic E-state index is 12.7. The number of rotatable bonds is 7. The van der Waals surface area contributed by atoms with Gasteiger partial charge in [0.15, 0.2) is 0 Å². The summed E-state index contributed by atoms with van der Waals surface area (Å²) in [7, 11) is 2.00. The van der Waals surface area contributed by atoms with Crippen molar-refractivity contribution in [1.29, 1.82) is 0 Å². The molecule has 0 unspecified atom stereocenters. The van der Waals surface area contributed by atoms with Crippen molar-refractivity contribution in [3.05, 3.63) is 59.2 Å². The van der Waals surface area contributed by atoms with Crippen LogP contribution in [-0.2, 0) is 16.1 Å². The molecule has 2 aromatic rings. The first-order valence-corrected chi connectivity index (χ1v) is 10.4. The number of aryl methyl sites for hydroxylation is 1. The lowest BCUT2D eigenvalue weighted by Crippen LogP contribution is -2.37. The zero-order valence-corrected chi connectivity index (χ0v) is 18.1. The summed E-state index contributed by atoms with van der Waals surface area (Å²) in [5.74, 6) is 0.385. The van der Waals surface area contributed by atoms with Gasteiger partial charge in [-0.2, -0.15) is 0 Å². The Hall–Kier alpha value is -2.37. The molecule has 1 aliphatic rings. The summed E-state index contributed by atoms with van der Waals surface area (Å²) in [5, 5.41) is 3.15. The molecule has 1 N–H and O–H groups in total. The average Bonchev–Trinajstić information content (AvgIpc) is 2.70. The summed E-state index contributed by atoms with van der Waals surface area (Å²) in [6, 6.07) is 14.6. The molecule has 1 aliphatic heterocycles. The number of para-hydroxylation sites is 2. The molecule has 0 aromatic heterocycles. The summed E-state index contributed by atoms with van der Waals surface area (Å²) in [6.07, 6.45) is 0. The van der Waals surface area contributed by atoms with Crippen LogP contribution in [0.15, 0.2) is 42.5 Å². The molecule has 1 saturated heterocycles. The Balaban J connectivity index is 1.65. The van der Waals surface area contributed by atoms with Gasteiger partial charge in [-0.3, -0.25) is 9.69 Å². The second-order valence-corrected chi connectivity index (χ2v) is 8.14. The number of likely N-dealkylation sites (N-methyl/N-ethyl adjacent to an activating group) is 1. The molecule has 0 saturated carbocycles. The zero-order chi connectivity index (χ0) is 20.8. The van der Waals surface area contributed by atoms with Crippen LogP contribution in [0, 0.1) is 6.92 Å². The van der Waals surface area contributed by atoms with Crippen LogP contribution in [0.2, 0.25) is 0 Å². The number of hydrogen-bond acceptors (Lipinski definition) is 4. The standard InChI is InChI=1S/C24H33N3O2/c1-18(2)21-10-7-8-19(3)24(21)25-23(28)17-26(4)16-20-9-5-6-11-22(20)27-12-14-29-15-13-27/h5-11,18H,12-17H2,1-4H3,(H,25,28). The molecular weight excluding hydrogens is 362 g/mol. The molecule has 156 valence electrons. The van der Waals surface area contributed by atoms with Crippen LogP contribution in [0.5, 0.6) is 0 Å². The molecule has 2 aromatic carbocycles. The molecule has 1 heterocycles. The van der Waals surface area contributed by atoms with Crippen LogP contribution in [0.4, 0.5) is 11.4 Å². The Kier molecular flexibility index (Phi) is 7.29. The number of morpholine rings is 1. The number of ether oxygens (including phenoxy) is 1. The first kappa shape index (κ1) is 21.3. The van der Waals surface area contributed by atoms with Gasteiger partial charge in [-0.05, 0) is 42.6 Å². The first-order valence-electron chi connectivity index (χ1n) is 10.4. The largest absolute Gasteiger partial charge is 0.378 e. The predicted octanol–water partition coefficient (Wildman–Crippen LogP) is 4.03. The number of carbonyl (C=O) groups is 1. The maximum Gasteiger partial charge on any atom is 0.238 e. The molecule has 5 heteroatoms. The third-order valence-electron chi connectivity index (χ3n) is 5.39. The number of anilines is 2. The quantitative estimate of drug-likeness (QED) is 0.769. The van der Waals surface area contributed by atoms with E-state index in [0.29, 0.717) is 12.5 Å². The van der Waals surface area contributed by atoms with Crippen molar-refractivity contribution in [2.45, 2.75) is 33.2 Å². The monoisotopic (exact) mass is 395 g/mol. The molecule has 1 amide bonds. The summed E-state index contributed by atoms with van der Waals surface area (Å²) in [4.78, 5) is 17.2. The maximum absolute atomic E-state index is 12.7. The molecule has 0 atom stereocenters. The molecule has 0 radical (unpaired) electrons. The predicted molar refractivity (Wildman–Crippen MR) is 120 cm³/mol. The molecular formula is C24H33N3O2. The van der Waals surface area contributed by atoms with Gasteiger partial charge in [0.2, 0.25) is 5.91 Å². The highest BCUT2D eigenvalue weighted by atomic mass is 16.5. The topological polar surface area (TPSA) is 44.8 Å². The zero-order valence-electron chi connectivity index (χ0n) is 18.1. The van der Waals surface area contributed by atoms with Gasteiger partial charge in [0.1, 0.15) is 0 Å². The Morgan fingerprint density at radius 3 is 2.59 bits per heavy atom. The summed E-state index contributed by atoms with van der Waals surface area (Å²) < 4.78 is 5.48. The number of hydrogen-bond donors (Lipinski definition) is 1. The number of carbonyl (C=O) groups excluding carboxylic acids is 1. The Bertz CT molecular complexity index is 829. The number of benzene rings is 2. The SMILES string of the molecule is Cc1cccc(C(C)C)c1NC(=O)CN(C)Cc1ccccc1N1CCOCC1. The van der Waals surface area contributed by atoms with E-state index in [-0.39, 0.29) is 5.91 Å². The van der Waals surface area contributed by atoms with Crippen molar-refractivity contribution in [2.24, 2.45) is 0 Å². The van der Waals surface area contributed by atoms with E-state index in [2.05, 4.69) is 65.4 Å². The van der Waals surface area contributed by atoms with Gasteiger partial charge in [-0.1, -0.05) is 50.2 Å². The van der Waals surface area contributed by atoms with Gasteiger partial charge in [-0.25, -0.2) is 0 Å². The van der Waals surface area contributed by atoms with Crippen molar-refractivity contribution >= 4 is 17.3 Å². The minimum atomic E-state index is 0.0209. The second kappa shape index (κ2) is 9.90. The second-order valence-electron chi connectivity index (χ2n) is 8.14. The fourth-order valence-corrected chi connectivity index (χ4v) is 3.87. The van der Waals surface area contributed by atoms with E-state index >= 15 is 0 Å². The Morgan fingerprint density at radius 1 is 1.14 bits per heavy atom. The van der Waals surface area contributed by atoms with Crippen molar-refractivity contribution in [2.75, 3.05) is 50.1 Å². The van der Waals surface area contributed by atoms with E-state index in [1.54, 1.807) is 0 Å². The lowest BCUT2D eigenvalue weighted by Gasteiger charge is -2.31. The van der Waals surface area contributed by atoms with Gasteiger partial charge in [-0.15, -0.1) is 0 Å². The van der Waals surface area contributed by atoms with Crippen molar-refractivity contribution in [1.82, 2.24) is 4.90 Å². The van der Waals surface area contributed by atoms with Crippen LogP contribution in [0.3, 0.4) is 0 Å². The van der Waals surface area contributed by atoms with E-state index in [1.807, 2.05) is 20.0 Å². The highest BCUT2D eigenvalue weighted by Crippen LogP contribution is 2.27. The minimum Gasteiger partial charge on any atom is -0.378 e. The van der Waals surface area contributed by atoms with Gasteiger partial charge in [0, 0.05) is 31.0 Å². The van der Waals surface area contributed by atoms with E-state index in [9.17, 15) is 4.79 Å². The molecule has 0 aliphatic carbocycles. The molecule has 5 nitrogen and oxygen atoms in total. The fourth-order valence-electron chi connectivity index (χ4n) is 3.87. The first-order chi connectivity index (χ1) is 14.0. The van der Waals surface area contributed by atoms with Gasteiger partial charge in [0.25, 0.3) is 0 Å². The average molecular weight is 396 g/mol. The van der Waals surface area contributed by atoms with Crippen molar-refractivity contribution in [3.63, 3.8) is 0 Å². The summed E-state index contributed by atoms with van der Waals surface area (Å²) in [6.45, 7) is 10.8. The van der Waals surface area contributed by atoms with Crippen LogP contribution < -0.4 is 10.2 Å². The van der Waals surface area contributed by atoms with E-state index < -0.39 is 0 Å². The number of amides is 1. The highest BCUT2D eigenvalue weighted by Gasteiger charge is 2.17. The van der Waals surface area contributed by atoms with E-state index in [0.717, 1.165) is 44.1 Å². The number of nitrogens with one attached hydrogen (secondary N) is 1. The van der Waals surface area contributed by atoms with Crippen LogP contribution >= 0.6 is 0 Å². The van der Waals surface area contributed by atoms with Gasteiger partial charge >= 0.3 is 0 Å². The molecule has 0 bridgehead atoms. The van der Waals surface area contributed by atoms with Crippen molar-refractivity contribution < 1.29 is 9.53 Å². The van der Waals surface area contributed by atoms with Gasteiger partial charge < -0.3 is 15.0 Å². The molecule has 3 rings (SSSR count). The minimum absolute atomic E-state index is 0.0209. The third kappa shape index (κ3) is 5.58. The van der Waals surface area contributed by atoms with Crippen LogP contribution in [0.25, 0.3) is 0 Å².